The van der Waals surface area contributed by atoms with Crippen molar-refractivity contribution < 1.29 is 28.5 Å². The molecule has 0 spiro atoms. The molecule has 3 rings (SSSR count). The maximum Gasteiger partial charge on any atom is 0.407 e. The minimum absolute atomic E-state index is 0.152. The molecule has 2 N–H and O–H groups in total. The Morgan fingerprint density at radius 2 is 1.78 bits per heavy atom. The zero-order valence-electron chi connectivity index (χ0n) is 18.7. The summed E-state index contributed by atoms with van der Waals surface area (Å²) in [4.78, 5) is 25.2. The summed E-state index contributed by atoms with van der Waals surface area (Å²) in [6.07, 6.45) is 1.48. The van der Waals surface area contributed by atoms with Gasteiger partial charge in [-0.2, -0.15) is 0 Å². The monoisotopic (exact) mass is 442 g/mol. The second-order valence-corrected chi connectivity index (χ2v) is 7.51. The third-order valence-electron chi connectivity index (χ3n) is 5.26. The number of anilines is 1. The number of hydrogen-bond acceptors (Lipinski definition) is 7. The van der Waals surface area contributed by atoms with Crippen molar-refractivity contribution in [1.29, 1.82) is 0 Å². The van der Waals surface area contributed by atoms with Crippen LogP contribution in [0.2, 0.25) is 0 Å². The molecule has 32 heavy (non-hydrogen) atoms. The van der Waals surface area contributed by atoms with Crippen molar-refractivity contribution in [1.82, 2.24) is 5.32 Å². The van der Waals surface area contributed by atoms with Gasteiger partial charge in [0.15, 0.2) is 11.5 Å². The van der Waals surface area contributed by atoms with E-state index in [9.17, 15) is 9.59 Å². The van der Waals surface area contributed by atoms with E-state index in [1.54, 1.807) is 26.4 Å². The molecule has 2 unspecified atom stereocenters. The Labute approximate surface area is 188 Å². The van der Waals surface area contributed by atoms with Crippen molar-refractivity contribution >= 4 is 17.7 Å². The van der Waals surface area contributed by atoms with Gasteiger partial charge in [0.2, 0.25) is 0 Å². The molecular weight excluding hydrogens is 412 g/mol. The number of fused-ring (bicyclic) bond motifs is 1. The number of rotatable bonds is 9. The first kappa shape index (κ1) is 23.2. The topological polar surface area (TPSA) is 95.1 Å². The molecular formula is C24H30N2O6. The van der Waals surface area contributed by atoms with Gasteiger partial charge >= 0.3 is 12.1 Å². The van der Waals surface area contributed by atoms with Crippen LogP contribution in [-0.4, -0.2) is 38.9 Å². The molecule has 2 aromatic rings. The van der Waals surface area contributed by atoms with E-state index in [4.69, 9.17) is 18.9 Å². The Bertz CT molecular complexity index is 918. The van der Waals surface area contributed by atoms with Crippen LogP contribution < -0.4 is 20.1 Å². The zero-order chi connectivity index (χ0) is 22.9. The van der Waals surface area contributed by atoms with Gasteiger partial charge in [-0.25, -0.2) is 9.59 Å². The first-order valence-corrected chi connectivity index (χ1v) is 10.7. The first-order valence-electron chi connectivity index (χ1n) is 10.7. The number of carbonyl (C=O) groups excluding carboxylic acids is 2. The number of carbonyl (C=O) groups is 2. The molecule has 2 aromatic carbocycles. The number of amides is 1. The summed E-state index contributed by atoms with van der Waals surface area (Å²) in [5.41, 5.74) is 2.33. The van der Waals surface area contributed by atoms with Gasteiger partial charge in [-0.1, -0.05) is 43.7 Å². The van der Waals surface area contributed by atoms with E-state index in [0.717, 1.165) is 24.0 Å². The molecule has 1 aliphatic heterocycles. The van der Waals surface area contributed by atoms with Crippen molar-refractivity contribution in [3.63, 3.8) is 0 Å². The Morgan fingerprint density at radius 1 is 1.06 bits per heavy atom. The van der Waals surface area contributed by atoms with Gasteiger partial charge in [0, 0.05) is 23.7 Å². The SMILES string of the molecule is CCCCOC(=O)C1CC(NC(=O)OCc2ccccc2)c2cc(OC)c(OC)cc2N1. The smallest absolute Gasteiger partial charge is 0.407 e. The van der Waals surface area contributed by atoms with E-state index in [1.807, 2.05) is 37.3 Å². The molecule has 1 aliphatic rings. The standard InChI is InChI=1S/C24H30N2O6/c1-4-5-11-31-23(27)20-13-18(26-24(28)32-15-16-9-7-6-8-10-16)17-12-21(29-2)22(30-3)14-19(17)25-20/h6-10,12,14,18,20,25H,4-5,11,13,15H2,1-3H3,(H,26,28). The molecule has 0 fully saturated rings. The van der Waals surface area contributed by atoms with Crippen LogP contribution in [-0.2, 0) is 20.9 Å². The number of benzene rings is 2. The normalized spacial score (nSPS) is 16.8. The van der Waals surface area contributed by atoms with E-state index >= 15 is 0 Å². The molecule has 0 aromatic heterocycles. The van der Waals surface area contributed by atoms with Gasteiger partial charge in [0.1, 0.15) is 12.6 Å². The van der Waals surface area contributed by atoms with Crippen molar-refractivity contribution in [3.05, 3.63) is 53.6 Å². The number of unbranched alkanes of at least 4 members (excludes halogenated alkanes) is 1. The summed E-state index contributed by atoms with van der Waals surface area (Å²) in [7, 11) is 3.09. The highest BCUT2D eigenvalue weighted by atomic mass is 16.5. The highest BCUT2D eigenvalue weighted by Gasteiger charge is 2.34. The van der Waals surface area contributed by atoms with Gasteiger partial charge in [0.25, 0.3) is 0 Å². The van der Waals surface area contributed by atoms with E-state index < -0.39 is 18.2 Å². The Morgan fingerprint density at radius 3 is 2.47 bits per heavy atom. The van der Waals surface area contributed by atoms with Crippen LogP contribution in [0.25, 0.3) is 0 Å². The van der Waals surface area contributed by atoms with Crippen molar-refractivity contribution in [2.75, 3.05) is 26.1 Å². The summed E-state index contributed by atoms with van der Waals surface area (Å²) in [5, 5.41) is 6.09. The van der Waals surface area contributed by atoms with E-state index in [-0.39, 0.29) is 12.6 Å². The molecule has 172 valence electrons. The number of ether oxygens (including phenoxy) is 4. The number of esters is 1. The van der Waals surface area contributed by atoms with Gasteiger partial charge in [-0.15, -0.1) is 0 Å². The third kappa shape index (κ3) is 5.84. The quantitative estimate of drug-likeness (QED) is 0.444. The number of alkyl carbamates (subject to hydrolysis) is 1. The van der Waals surface area contributed by atoms with Crippen LogP contribution >= 0.6 is 0 Å². The fraction of sp³-hybridized carbons (Fsp3) is 0.417. The van der Waals surface area contributed by atoms with Gasteiger partial charge < -0.3 is 29.6 Å². The Kier molecular flexibility index (Phi) is 8.19. The van der Waals surface area contributed by atoms with Crippen LogP contribution in [0.3, 0.4) is 0 Å². The van der Waals surface area contributed by atoms with Crippen molar-refractivity contribution in [3.8, 4) is 11.5 Å². The lowest BCUT2D eigenvalue weighted by molar-refractivity contribution is -0.145. The minimum Gasteiger partial charge on any atom is -0.493 e. The molecule has 0 radical (unpaired) electrons. The second-order valence-electron chi connectivity index (χ2n) is 7.51. The summed E-state index contributed by atoms with van der Waals surface area (Å²) in [5.74, 6) is 0.689. The van der Waals surface area contributed by atoms with Crippen LogP contribution in [0.4, 0.5) is 10.5 Å². The largest absolute Gasteiger partial charge is 0.493 e. The zero-order valence-corrected chi connectivity index (χ0v) is 18.7. The molecule has 1 amide bonds. The minimum atomic E-state index is -0.614. The van der Waals surface area contributed by atoms with Gasteiger partial charge in [-0.3, -0.25) is 0 Å². The fourth-order valence-corrected chi connectivity index (χ4v) is 3.53. The number of methoxy groups -OCH3 is 2. The van der Waals surface area contributed by atoms with Crippen LogP contribution in [0.5, 0.6) is 11.5 Å². The molecule has 1 heterocycles. The highest BCUT2D eigenvalue weighted by molar-refractivity contribution is 5.82. The highest BCUT2D eigenvalue weighted by Crippen LogP contribution is 2.40. The van der Waals surface area contributed by atoms with E-state index in [2.05, 4.69) is 10.6 Å². The predicted octanol–water partition coefficient (Wildman–Crippen LogP) is 4.20. The lowest BCUT2D eigenvalue weighted by Crippen LogP contribution is -2.42. The fourth-order valence-electron chi connectivity index (χ4n) is 3.53. The Balaban J connectivity index is 1.77. The second kappa shape index (κ2) is 11.3. The van der Waals surface area contributed by atoms with Crippen molar-refractivity contribution in [2.24, 2.45) is 0 Å². The molecule has 2 atom stereocenters. The summed E-state index contributed by atoms with van der Waals surface area (Å²) in [6.45, 7) is 2.55. The van der Waals surface area contributed by atoms with Crippen LogP contribution in [0.15, 0.2) is 42.5 Å². The van der Waals surface area contributed by atoms with Gasteiger partial charge in [-0.05, 0) is 18.1 Å². The molecule has 0 aliphatic carbocycles. The van der Waals surface area contributed by atoms with Crippen LogP contribution in [0.1, 0.15) is 43.4 Å². The number of nitrogens with one attached hydrogen (secondary N) is 2. The van der Waals surface area contributed by atoms with Crippen molar-refractivity contribution in [2.45, 2.75) is 44.9 Å². The summed E-state index contributed by atoms with van der Waals surface area (Å²) >= 11 is 0. The van der Waals surface area contributed by atoms with E-state index in [0.29, 0.717) is 30.2 Å². The third-order valence-corrected chi connectivity index (χ3v) is 5.26. The first-order chi connectivity index (χ1) is 15.5. The number of hydrogen-bond donors (Lipinski definition) is 2. The molecule has 8 nitrogen and oxygen atoms in total. The summed E-state index contributed by atoms with van der Waals surface area (Å²) < 4.78 is 21.6. The predicted molar refractivity (Wildman–Crippen MR) is 120 cm³/mol. The van der Waals surface area contributed by atoms with Gasteiger partial charge in [0.05, 0.1) is 26.9 Å². The lowest BCUT2D eigenvalue weighted by atomic mass is 9.92. The van der Waals surface area contributed by atoms with E-state index in [1.165, 1.54) is 0 Å². The lowest BCUT2D eigenvalue weighted by Gasteiger charge is -2.33. The average Bonchev–Trinajstić information content (AvgIpc) is 2.82. The maximum absolute atomic E-state index is 12.6. The summed E-state index contributed by atoms with van der Waals surface area (Å²) in [6, 6.07) is 11.9. The molecule has 0 saturated carbocycles. The van der Waals surface area contributed by atoms with Crippen LogP contribution in [0, 0.1) is 0 Å². The molecule has 8 heteroatoms. The molecule has 0 saturated heterocycles. The maximum atomic E-state index is 12.6. The average molecular weight is 443 g/mol. The molecule has 0 bridgehead atoms. The Hall–Kier alpha value is -3.42.